The number of nitrogens with zero attached hydrogens (tertiary/aromatic N) is 2. The number of ketones is 1. The van der Waals surface area contributed by atoms with Crippen LogP contribution in [0.5, 0.6) is 0 Å². The normalized spacial score (nSPS) is 11.9. The first-order chi connectivity index (χ1) is 8.26. The molecule has 1 aromatic heterocycles. The van der Waals surface area contributed by atoms with Gasteiger partial charge in [0.05, 0.1) is 11.3 Å². The van der Waals surface area contributed by atoms with E-state index in [4.69, 9.17) is 4.74 Å². The highest BCUT2D eigenvalue weighted by molar-refractivity contribution is 5.81. The molecule has 0 bridgehead atoms. The maximum atomic E-state index is 12.0. The SMILES string of the molecule is COC(C)(C)CCC(=O)Cc1c(C)nn(C)c1C. The fraction of sp³-hybridized carbons (Fsp3) is 0.714. The highest BCUT2D eigenvalue weighted by Gasteiger charge is 2.19. The van der Waals surface area contributed by atoms with Gasteiger partial charge in [-0.3, -0.25) is 9.48 Å². The lowest BCUT2D eigenvalue weighted by molar-refractivity contribution is -0.119. The second kappa shape index (κ2) is 5.65. The molecule has 4 heteroatoms. The molecule has 0 saturated carbocycles. The van der Waals surface area contributed by atoms with Crippen molar-refractivity contribution in [2.24, 2.45) is 7.05 Å². The Bertz CT molecular complexity index is 433. The number of hydrogen-bond acceptors (Lipinski definition) is 3. The van der Waals surface area contributed by atoms with Crippen molar-refractivity contribution in [1.29, 1.82) is 0 Å². The quantitative estimate of drug-likeness (QED) is 0.780. The first-order valence-corrected chi connectivity index (χ1v) is 6.33. The summed E-state index contributed by atoms with van der Waals surface area (Å²) in [7, 11) is 3.59. The molecule has 0 aliphatic rings. The molecule has 0 aliphatic heterocycles. The number of aromatic nitrogens is 2. The summed E-state index contributed by atoms with van der Waals surface area (Å²) in [5, 5.41) is 4.33. The van der Waals surface area contributed by atoms with Crippen molar-refractivity contribution in [1.82, 2.24) is 9.78 Å². The zero-order valence-corrected chi connectivity index (χ0v) is 12.3. The highest BCUT2D eigenvalue weighted by Crippen LogP contribution is 2.18. The number of ether oxygens (including phenoxy) is 1. The second-order valence-corrected chi connectivity index (χ2v) is 5.45. The van der Waals surface area contributed by atoms with E-state index in [9.17, 15) is 4.79 Å². The Morgan fingerprint density at radius 1 is 1.39 bits per heavy atom. The van der Waals surface area contributed by atoms with Gasteiger partial charge in [0.15, 0.2) is 0 Å². The topological polar surface area (TPSA) is 44.1 Å². The molecule has 0 aliphatic carbocycles. The summed E-state index contributed by atoms with van der Waals surface area (Å²) < 4.78 is 7.15. The van der Waals surface area contributed by atoms with Crippen LogP contribution < -0.4 is 0 Å². The van der Waals surface area contributed by atoms with Gasteiger partial charge in [0.25, 0.3) is 0 Å². The van der Waals surface area contributed by atoms with Crippen LogP contribution in [0, 0.1) is 13.8 Å². The maximum Gasteiger partial charge on any atom is 0.137 e. The molecule has 102 valence electrons. The van der Waals surface area contributed by atoms with Gasteiger partial charge in [0, 0.05) is 38.3 Å². The molecule has 0 aromatic carbocycles. The molecule has 0 atom stereocenters. The molecule has 0 fully saturated rings. The summed E-state index contributed by atoms with van der Waals surface area (Å²) >= 11 is 0. The minimum Gasteiger partial charge on any atom is -0.379 e. The molecule has 0 amide bonds. The van der Waals surface area contributed by atoms with Crippen molar-refractivity contribution < 1.29 is 9.53 Å². The Morgan fingerprint density at radius 2 is 2.00 bits per heavy atom. The Balaban J connectivity index is 2.60. The van der Waals surface area contributed by atoms with Crippen molar-refractivity contribution in [2.45, 2.75) is 52.6 Å². The molecule has 0 radical (unpaired) electrons. The van der Waals surface area contributed by atoms with Gasteiger partial charge in [-0.1, -0.05) is 0 Å². The van der Waals surface area contributed by atoms with Gasteiger partial charge in [-0.15, -0.1) is 0 Å². The van der Waals surface area contributed by atoms with Crippen LogP contribution >= 0.6 is 0 Å². The lowest BCUT2D eigenvalue weighted by Crippen LogP contribution is -2.23. The highest BCUT2D eigenvalue weighted by atomic mass is 16.5. The smallest absolute Gasteiger partial charge is 0.137 e. The standard InChI is InChI=1S/C14H24N2O2/c1-10-13(11(2)16(5)15-10)9-12(17)7-8-14(3,4)18-6/h7-9H2,1-6H3. The van der Waals surface area contributed by atoms with Crippen LogP contribution in [0.15, 0.2) is 0 Å². The fourth-order valence-electron chi connectivity index (χ4n) is 1.90. The van der Waals surface area contributed by atoms with Crippen LogP contribution in [0.3, 0.4) is 0 Å². The molecular formula is C14H24N2O2. The lowest BCUT2D eigenvalue weighted by atomic mass is 9.97. The van der Waals surface area contributed by atoms with Gasteiger partial charge in [-0.05, 0) is 34.1 Å². The average molecular weight is 252 g/mol. The van der Waals surface area contributed by atoms with E-state index in [1.165, 1.54) is 0 Å². The third-order valence-corrected chi connectivity index (χ3v) is 3.59. The number of rotatable bonds is 6. The Hall–Kier alpha value is -1.16. The number of carbonyl (C=O) groups is 1. The summed E-state index contributed by atoms with van der Waals surface area (Å²) in [5.41, 5.74) is 2.87. The van der Waals surface area contributed by atoms with E-state index in [2.05, 4.69) is 5.10 Å². The molecule has 1 heterocycles. The summed E-state index contributed by atoms with van der Waals surface area (Å²) in [6.45, 7) is 7.96. The van der Waals surface area contributed by atoms with Gasteiger partial charge in [-0.25, -0.2) is 0 Å². The van der Waals surface area contributed by atoms with Gasteiger partial charge < -0.3 is 4.74 Å². The van der Waals surface area contributed by atoms with Gasteiger partial charge in [-0.2, -0.15) is 5.10 Å². The Morgan fingerprint density at radius 3 is 2.44 bits per heavy atom. The third-order valence-electron chi connectivity index (χ3n) is 3.59. The van der Waals surface area contributed by atoms with Crippen molar-refractivity contribution in [3.05, 3.63) is 17.0 Å². The molecule has 0 unspecified atom stereocenters. The van der Waals surface area contributed by atoms with E-state index in [0.29, 0.717) is 12.8 Å². The van der Waals surface area contributed by atoms with Crippen LogP contribution in [0.2, 0.25) is 0 Å². The first-order valence-electron chi connectivity index (χ1n) is 6.33. The summed E-state index contributed by atoms with van der Waals surface area (Å²) in [6, 6.07) is 0. The molecule has 18 heavy (non-hydrogen) atoms. The fourth-order valence-corrected chi connectivity index (χ4v) is 1.90. The molecular weight excluding hydrogens is 228 g/mol. The lowest BCUT2D eigenvalue weighted by Gasteiger charge is -2.22. The second-order valence-electron chi connectivity index (χ2n) is 5.45. The van der Waals surface area contributed by atoms with Crippen LogP contribution in [-0.4, -0.2) is 28.3 Å². The number of aryl methyl sites for hydroxylation is 2. The van der Waals surface area contributed by atoms with Gasteiger partial charge in [0.1, 0.15) is 5.78 Å². The average Bonchev–Trinajstić information content (AvgIpc) is 2.54. The number of carbonyl (C=O) groups excluding carboxylic acids is 1. The van der Waals surface area contributed by atoms with Crippen molar-refractivity contribution in [3.8, 4) is 0 Å². The minimum atomic E-state index is -0.227. The van der Waals surface area contributed by atoms with Gasteiger partial charge >= 0.3 is 0 Å². The molecule has 0 saturated heterocycles. The van der Waals surface area contributed by atoms with Gasteiger partial charge in [0.2, 0.25) is 0 Å². The zero-order chi connectivity index (χ0) is 13.9. The van der Waals surface area contributed by atoms with E-state index >= 15 is 0 Å². The van der Waals surface area contributed by atoms with E-state index in [-0.39, 0.29) is 11.4 Å². The maximum absolute atomic E-state index is 12.0. The largest absolute Gasteiger partial charge is 0.379 e. The molecule has 4 nitrogen and oxygen atoms in total. The molecule has 0 spiro atoms. The van der Waals surface area contributed by atoms with E-state index in [0.717, 1.165) is 23.4 Å². The van der Waals surface area contributed by atoms with Crippen molar-refractivity contribution in [3.63, 3.8) is 0 Å². The number of Topliss-reactive ketones (excluding diaryl/α,β-unsaturated/α-hetero) is 1. The predicted molar refractivity (Wildman–Crippen MR) is 71.7 cm³/mol. The van der Waals surface area contributed by atoms with Crippen LogP contribution in [0.25, 0.3) is 0 Å². The van der Waals surface area contributed by atoms with Crippen molar-refractivity contribution in [2.75, 3.05) is 7.11 Å². The van der Waals surface area contributed by atoms with Crippen LogP contribution in [0.1, 0.15) is 43.6 Å². The monoisotopic (exact) mass is 252 g/mol. The van der Waals surface area contributed by atoms with Crippen LogP contribution in [0.4, 0.5) is 0 Å². The summed E-state index contributed by atoms with van der Waals surface area (Å²) in [5.74, 6) is 0.249. The molecule has 1 rings (SSSR count). The van der Waals surface area contributed by atoms with E-state index < -0.39 is 0 Å². The van der Waals surface area contributed by atoms with Crippen molar-refractivity contribution >= 4 is 5.78 Å². The molecule has 1 aromatic rings. The third kappa shape index (κ3) is 3.67. The Labute approximate surface area is 109 Å². The zero-order valence-electron chi connectivity index (χ0n) is 12.3. The first kappa shape index (κ1) is 14.9. The predicted octanol–water partition coefficient (Wildman–Crippen LogP) is 2.35. The molecule has 0 N–H and O–H groups in total. The number of hydrogen-bond donors (Lipinski definition) is 0. The Kier molecular flexibility index (Phi) is 4.68. The van der Waals surface area contributed by atoms with E-state index in [1.807, 2.05) is 39.4 Å². The van der Waals surface area contributed by atoms with Crippen LogP contribution in [-0.2, 0) is 23.0 Å². The van der Waals surface area contributed by atoms with E-state index in [1.54, 1.807) is 7.11 Å². The summed E-state index contributed by atoms with van der Waals surface area (Å²) in [4.78, 5) is 12.0. The summed E-state index contributed by atoms with van der Waals surface area (Å²) in [6.07, 6.45) is 1.78. The number of methoxy groups -OCH3 is 1. The minimum absolute atomic E-state index is 0.227.